The summed E-state index contributed by atoms with van der Waals surface area (Å²) in [6.45, 7) is 2.61. The highest BCUT2D eigenvalue weighted by Gasteiger charge is 2.09. The van der Waals surface area contributed by atoms with Gasteiger partial charge in [0.25, 0.3) is 0 Å². The first-order valence-corrected chi connectivity index (χ1v) is 4.23. The van der Waals surface area contributed by atoms with Gasteiger partial charge in [-0.05, 0) is 6.92 Å². The topological polar surface area (TPSA) is 44.9 Å². The number of hydrogen-bond donors (Lipinski definition) is 0. The van der Waals surface area contributed by atoms with Crippen molar-refractivity contribution in [3.05, 3.63) is 12.4 Å². The number of aromatic nitrogens is 2. The number of aryl methyl sites for hydroxylation is 1. The highest BCUT2D eigenvalue weighted by molar-refractivity contribution is 5.29. The Morgan fingerprint density at radius 1 is 1.77 bits per heavy atom. The lowest BCUT2D eigenvalue weighted by atomic mass is 10.2. The fraction of sp³-hybridized carbons (Fsp3) is 0.556. The molecule has 0 saturated carbocycles. The third-order valence-corrected chi connectivity index (χ3v) is 1.91. The summed E-state index contributed by atoms with van der Waals surface area (Å²) < 4.78 is 1.93. The van der Waals surface area contributed by atoms with Gasteiger partial charge in [-0.15, -0.1) is 0 Å². The molecular weight excluding hydrogens is 164 g/mol. The molecule has 0 fully saturated rings. The fourth-order valence-electron chi connectivity index (χ4n) is 1.26. The zero-order valence-corrected chi connectivity index (χ0v) is 8.23. The Labute approximate surface area is 78.4 Å². The summed E-state index contributed by atoms with van der Waals surface area (Å²) in [6, 6.07) is 2.20. The Balaban J connectivity index is 2.65. The van der Waals surface area contributed by atoms with Gasteiger partial charge in [0.05, 0.1) is 12.0 Å². The average Bonchev–Trinajstić information content (AvgIpc) is 2.51. The molecule has 1 aromatic rings. The van der Waals surface area contributed by atoms with Crippen molar-refractivity contribution in [3.8, 4) is 6.07 Å². The predicted octanol–water partition coefficient (Wildman–Crippen LogP) is 1.02. The first kappa shape index (κ1) is 9.59. The van der Waals surface area contributed by atoms with E-state index in [1.807, 2.05) is 36.7 Å². The molecule has 0 N–H and O–H groups in total. The van der Waals surface area contributed by atoms with E-state index < -0.39 is 0 Å². The molecule has 1 heterocycles. The smallest absolute Gasteiger partial charge is 0.204 e. The normalized spacial score (nSPS) is 12.2. The summed E-state index contributed by atoms with van der Waals surface area (Å²) in [4.78, 5) is 6.16. The number of hydrogen-bond acceptors (Lipinski definition) is 3. The van der Waals surface area contributed by atoms with Crippen molar-refractivity contribution in [3.63, 3.8) is 0 Å². The van der Waals surface area contributed by atoms with Gasteiger partial charge in [0.15, 0.2) is 0 Å². The molecule has 0 aliphatic heterocycles. The van der Waals surface area contributed by atoms with Gasteiger partial charge in [-0.1, -0.05) is 0 Å². The standard InChI is InChI=1S/C9H14N4/c1-8(6-10)7-13(3)9-11-4-5-12(9)2/h4-5,8H,7H2,1-3H3. The first-order valence-electron chi connectivity index (χ1n) is 4.23. The molecule has 0 amide bonds. The summed E-state index contributed by atoms with van der Waals surface area (Å²) in [7, 11) is 3.88. The van der Waals surface area contributed by atoms with Crippen molar-refractivity contribution in [1.82, 2.24) is 9.55 Å². The molecule has 1 aromatic heterocycles. The second-order valence-electron chi connectivity index (χ2n) is 3.25. The maximum Gasteiger partial charge on any atom is 0.204 e. The Morgan fingerprint density at radius 2 is 2.46 bits per heavy atom. The molecule has 0 bridgehead atoms. The largest absolute Gasteiger partial charge is 0.344 e. The minimum absolute atomic E-state index is 0.0294. The van der Waals surface area contributed by atoms with Crippen LogP contribution in [0.25, 0.3) is 0 Å². The van der Waals surface area contributed by atoms with Gasteiger partial charge < -0.3 is 9.47 Å². The van der Waals surface area contributed by atoms with Gasteiger partial charge in [-0.2, -0.15) is 5.26 Å². The van der Waals surface area contributed by atoms with Gasteiger partial charge in [0.1, 0.15) is 0 Å². The molecule has 70 valence electrons. The van der Waals surface area contributed by atoms with E-state index in [9.17, 15) is 0 Å². The van der Waals surface area contributed by atoms with Crippen LogP contribution in [0.15, 0.2) is 12.4 Å². The van der Waals surface area contributed by atoms with Crippen LogP contribution in [-0.4, -0.2) is 23.1 Å². The van der Waals surface area contributed by atoms with Crippen LogP contribution in [0, 0.1) is 17.2 Å². The monoisotopic (exact) mass is 178 g/mol. The van der Waals surface area contributed by atoms with Crippen LogP contribution in [0.1, 0.15) is 6.92 Å². The molecule has 0 aliphatic rings. The quantitative estimate of drug-likeness (QED) is 0.694. The Hall–Kier alpha value is -1.50. The van der Waals surface area contributed by atoms with Gasteiger partial charge in [-0.25, -0.2) is 4.98 Å². The lowest BCUT2D eigenvalue weighted by Gasteiger charge is -2.18. The Kier molecular flexibility index (Phi) is 2.91. The molecular formula is C9H14N4. The summed E-state index contributed by atoms with van der Waals surface area (Å²) >= 11 is 0. The van der Waals surface area contributed by atoms with Gasteiger partial charge in [-0.3, -0.25) is 0 Å². The summed E-state index contributed by atoms with van der Waals surface area (Å²) in [5.74, 6) is 0.920. The van der Waals surface area contributed by atoms with Crippen LogP contribution in [0.4, 0.5) is 5.95 Å². The molecule has 0 aromatic carbocycles. The molecule has 0 aliphatic carbocycles. The molecule has 1 unspecified atom stereocenters. The van der Waals surface area contributed by atoms with Crippen molar-refractivity contribution in [2.45, 2.75) is 6.92 Å². The summed E-state index contributed by atoms with van der Waals surface area (Å²) in [5.41, 5.74) is 0. The highest BCUT2D eigenvalue weighted by atomic mass is 15.3. The Morgan fingerprint density at radius 3 is 2.92 bits per heavy atom. The maximum atomic E-state index is 8.65. The maximum absolute atomic E-state index is 8.65. The summed E-state index contributed by atoms with van der Waals surface area (Å²) in [6.07, 6.45) is 3.64. The molecule has 0 radical (unpaired) electrons. The third-order valence-electron chi connectivity index (χ3n) is 1.91. The highest BCUT2D eigenvalue weighted by Crippen LogP contribution is 2.09. The molecule has 13 heavy (non-hydrogen) atoms. The lowest BCUT2D eigenvalue weighted by Crippen LogP contribution is -2.25. The van der Waals surface area contributed by atoms with Crippen LogP contribution < -0.4 is 4.90 Å². The zero-order chi connectivity index (χ0) is 9.84. The van der Waals surface area contributed by atoms with E-state index in [-0.39, 0.29) is 5.92 Å². The minimum Gasteiger partial charge on any atom is -0.344 e. The molecule has 4 heteroatoms. The zero-order valence-electron chi connectivity index (χ0n) is 8.23. The van der Waals surface area contributed by atoms with Crippen LogP contribution in [0.3, 0.4) is 0 Å². The Bertz CT molecular complexity index is 310. The fourth-order valence-corrected chi connectivity index (χ4v) is 1.26. The second kappa shape index (κ2) is 3.94. The number of nitrogens with zero attached hydrogens (tertiary/aromatic N) is 4. The van der Waals surface area contributed by atoms with Crippen LogP contribution in [0.5, 0.6) is 0 Å². The minimum atomic E-state index is 0.0294. The molecule has 1 atom stereocenters. The van der Waals surface area contributed by atoms with E-state index in [1.165, 1.54) is 0 Å². The van der Waals surface area contributed by atoms with E-state index in [1.54, 1.807) is 6.20 Å². The number of rotatable bonds is 3. The van der Waals surface area contributed by atoms with Crippen LogP contribution in [-0.2, 0) is 7.05 Å². The number of anilines is 1. The van der Waals surface area contributed by atoms with E-state index in [2.05, 4.69) is 11.1 Å². The van der Waals surface area contributed by atoms with Crippen LogP contribution >= 0.6 is 0 Å². The average molecular weight is 178 g/mol. The molecule has 0 spiro atoms. The van der Waals surface area contributed by atoms with Gasteiger partial charge in [0.2, 0.25) is 5.95 Å². The van der Waals surface area contributed by atoms with Gasteiger partial charge in [0, 0.05) is 33.0 Å². The van der Waals surface area contributed by atoms with Crippen LogP contribution in [0.2, 0.25) is 0 Å². The van der Waals surface area contributed by atoms with E-state index in [4.69, 9.17) is 5.26 Å². The van der Waals surface area contributed by atoms with Crippen molar-refractivity contribution in [2.75, 3.05) is 18.5 Å². The predicted molar refractivity (Wildman–Crippen MR) is 51.3 cm³/mol. The lowest BCUT2D eigenvalue weighted by molar-refractivity contribution is 0.690. The van der Waals surface area contributed by atoms with E-state index in [0.29, 0.717) is 6.54 Å². The first-order chi connectivity index (χ1) is 6.15. The number of imidazole rings is 1. The number of nitriles is 1. The van der Waals surface area contributed by atoms with Gasteiger partial charge >= 0.3 is 0 Å². The van der Waals surface area contributed by atoms with E-state index in [0.717, 1.165) is 5.95 Å². The van der Waals surface area contributed by atoms with Crippen molar-refractivity contribution < 1.29 is 0 Å². The molecule has 1 rings (SSSR count). The third kappa shape index (κ3) is 2.22. The van der Waals surface area contributed by atoms with Crippen molar-refractivity contribution >= 4 is 5.95 Å². The van der Waals surface area contributed by atoms with E-state index >= 15 is 0 Å². The summed E-state index contributed by atoms with van der Waals surface area (Å²) in [5, 5.41) is 8.65. The second-order valence-corrected chi connectivity index (χ2v) is 3.25. The van der Waals surface area contributed by atoms with Crippen molar-refractivity contribution in [1.29, 1.82) is 5.26 Å². The van der Waals surface area contributed by atoms with Crippen molar-refractivity contribution in [2.24, 2.45) is 13.0 Å². The molecule has 4 nitrogen and oxygen atoms in total. The SMILES string of the molecule is CC(C#N)CN(C)c1nccn1C. The molecule has 0 saturated heterocycles.